The molecule has 4 heteroatoms. The highest BCUT2D eigenvalue weighted by molar-refractivity contribution is 7.13. The Balaban J connectivity index is 1.68. The summed E-state index contributed by atoms with van der Waals surface area (Å²) in [5.41, 5.74) is 2.19. The minimum absolute atomic E-state index is 0.811. The van der Waals surface area contributed by atoms with Crippen molar-refractivity contribution < 1.29 is 4.74 Å². The zero-order chi connectivity index (χ0) is 16.3. The molecule has 23 heavy (non-hydrogen) atoms. The van der Waals surface area contributed by atoms with Gasteiger partial charge in [0.05, 0.1) is 12.3 Å². The molecule has 1 N–H and O–H groups in total. The van der Waals surface area contributed by atoms with Crippen molar-refractivity contribution in [3.63, 3.8) is 0 Å². The van der Waals surface area contributed by atoms with Gasteiger partial charge in [-0.05, 0) is 37.1 Å². The molecule has 0 saturated carbocycles. The van der Waals surface area contributed by atoms with Crippen molar-refractivity contribution in [3.8, 4) is 5.75 Å². The van der Waals surface area contributed by atoms with E-state index in [1.165, 1.54) is 32.1 Å². The molecule has 0 aliphatic carbocycles. The van der Waals surface area contributed by atoms with E-state index in [9.17, 15) is 0 Å². The van der Waals surface area contributed by atoms with E-state index in [0.717, 1.165) is 41.7 Å². The van der Waals surface area contributed by atoms with Gasteiger partial charge in [0.15, 0.2) is 5.13 Å². The number of unbranched alkanes of at least 4 members (excludes halogenated alkanes) is 5. The summed E-state index contributed by atoms with van der Waals surface area (Å²) in [6, 6.07) is 8.13. The van der Waals surface area contributed by atoms with Gasteiger partial charge < -0.3 is 10.1 Å². The number of hydrogen-bond donors (Lipinski definition) is 1. The first kappa shape index (κ1) is 17.8. The second kappa shape index (κ2) is 10.3. The van der Waals surface area contributed by atoms with Crippen LogP contribution in [-0.4, -0.2) is 11.6 Å². The van der Waals surface area contributed by atoms with E-state index >= 15 is 0 Å². The van der Waals surface area contributed by atoms with Gasteiger partial charge in [0, 0.05) is 11.1 Å². The molecule has 1 aromatic carbocycles. The smallest absolute Gasteiger partial charge is 0.187 e. The largest absolute Gasteiger partial charge is 0.494 e. The van der Waals surface area contributed by atoms with Crippen LogP contribution in [0.3, 0.4) is 0 Å². The predicted molar refractivity (Wildman–Crippen MR) is 100 cm³/mol. The summed E-state index contributed by atoms with van der Waals surface area (Å²) in [6.45, 7) is 5.18. The predicted octanol–water partition coefficient (Wildman–Crippen LogP) is 6.19. The molecule has 126 valence electrons. The maximum Gasteiger partial charge on any atom is 0.187 e. The Kier molecular flexibility index (Phi) is 7.95. The van der Waals surface area contributed by atoms with Crippen LogP contribution in [0.4, 0.5) is 10.8 Å². The number of ether oxygens (including phenoxy) is 1. The summed E-state index contributed by atoms with van der Waals surface area (Å²) in [4.78, 5) is 4.51. The van der Waals surface area contributed by atoms with Gasteiger partial charge in [-0.3, -0.25) is 0 Å². The SMILES string of the molecule is CCCCCCCCOc1ccc(Nc2nc(CC)cs2)cc1. The molecular weight excluding hydrogens is 304 g/mol. The van der Waals surface area contributed by atoms with E-state index in [4.69, 9.17) is 4.74 Å². The van der Waals surface area contributed by atoms with Crippen molar-refractivity contribution in [2.45, 2.75) is 58.8 Å². The minimum Gasteiger partial charge on any atom is -0.494 e. The number of rotatable bonds is 11. The van der Waals surface area contributed by atoms with Crippen LogP contribution in [0.25, 0.3) is 0 Å². The van der Waals surface area contributed by atoms with Crippen LogP contribution in [0, 0.1) is 0 Å². The molecule has 1 heterocycles. The molecule has 0 amide bonds. The minimum atomic E-state index is 0.811. The van der Waals surface area contributed by atoms with E-state index in [-0.39, 0.29) is 0 Å². The van der Waals surface area contributed by atoms with Crippen molar-refractivity contribution in [3.05, 3.63) is 35.3 Å². The summed E-state index contributed by atoms with van der Waals surface area (Å²) in [5.74, 6) is 0.942. The molecule has 0 aliphatic heterocycles. The molecular formula is C19H28N2OS. The highest BCUT2D eigenvalue weighted by Gasteiger charge is 2.01. The average molecular weight is 333 g/mol. The molecule has 0 bridgehead atoms. The van der Waals surface area contributed by atoms with Crippen molar-refractivity contribution in [1.82, 2.24) is 4.98 Å². The molecule has 0 fully saturated rings. The van der Waals surface area contributed by atoms with Crippen LogP contribution in [0.2, 0.25) is 0 Å². The van der Waals surface area contributed by atoms with Crippen LogP contribution >= 0.6 is 11.3 Å². The fraction of sp³-hybridized carbons (Fsp3) is 0.526. The number of anilines is 2. The van der Waals surface area contributed by atoms with Crippen LogP contribution in [-0.2, 0) is 6.42 Å². The summed E-state index contributed by atoms with van der Waals surface area (Å²) in [7, 11) is 0. The summed E-state index contributed by atoms with van der Waals surface area (Å²) >= 11 is 1.64. The highest BCUT2D eigenvalue weighted by Crippen LogP contribution is 2.23. The Morgan fingerprint density at radius 1 is 1.00 bits per heavy atom. The maximum atomic E-state index is 5.80. The van der Waals surface area contributed by atoms with Gasteiger partial charge in [0.2, 0.25) is 0 Å². The number of benzene rings is 1. The van der Waals surface area contributed by atoms with Crippen LogP contribution in [0.15, 0.2) is 29.6 Å². The molecule has 0 aliphatic rings. The van der Waals surface area contributed by atoms with E-state index in [1.54, 1.807) is 11.3 Å². The molecule has 0 spiro atoms. The van der Waals surface area contributed by atoms with E-state index in [1.807, 2.05) is 24.3 Å². The second-order valence-corrected chi connectivity index (χ2v) is 6.62. The molecule has 2 rings (SSSR count). The van der Waals surface area contributed by atoms with E-state index < -0.39 is 0 Å². The number of aryl methyl sites for hydroxylation is 1. The number of hydrogen-bond acceptors (Lipinski definition) is 4. The summed E-state index contributed by atoms with van der Waals surface area (Å²) in [6.07, 6.45) is 8.72. The number of aromatic nitrogens is 1. The van der Waals surface area contributed by atoms with Gasteiger partial charge in [-0.15, -0.1) is 11.3 Å². The zero-order valence-corrected chi connectivity index (χ0v) is 15.1. The third-order valence-electron chi connectivity index (χ3n) is 3.79. The van der Waals surface area contributed by atoms with Crippen molar-refractivity contribution in [2.75, 3.05) is 11.9 Å². The normalized spacial score (nSPS) is 10.7. The van der Waals surface area contributed by atoms with Crippen LogP contribution in [0.1, 0.15) is 58.1 Å². The molecule has 0 atom stereocenters. The molecule has 0 radical (unpaired) electrons. The molecule has 0 unspecified atom stereocenters. The molecule has 2 aromatic rings. The monoisotopic (exact) mass is 332 g/mol. The van der Waals surface area contributed by atoms with Crippen molar-refractivity contribution in [2.24, 2.45) is 0 Å². The Labute approximate surface area is 144 Å². The Hall–Kier alpha value is -1.55. The fourth-order valence-electron chi connectivity index (χ4n) is 2.36. The van der Waals surface area contributed by atoms with Gasteiger partial charge in [0.1, 0.15) is 5.75 Å². The maximum absolute atomic E-state index is 5.80. The van der Waals surface area contributed by atoms with Gasteiger partial charge in [-0.2, -0.15) is 0 Å². The zero-order valence-electron chi connectivity index (χ0n) is 14.3. The topological polar surface area (TPSA) is 34.1 Å². The lowest BCUT2D eigenvalue weighted by molar-refractivity contribution is 0.304. The third-order valence-corrected chi connectivity index (χ3v) is 4.59. The third kappa shape index (κ3) is 6.61. The number of thiazole rings is 1. The summed E-state index contributed by atoms with van der Waals surface area (Å²) < 4.78 is 5.80. The van der Waals surface area contributed by atoms with Gasteiger partial charge in [-0.25, -0.2) is 4.98 Å². The van der Waals surface area contributed by atoms with Gasteiger partial charge in [-0.1, -0.05) is 46.0 Å². The number of nitrogens with one attached hydrogen (secondary N) is 1. The standard InChI is InChI=1S/C19H28N2OS/c1-3-5-6-7-8-9-14-22-18-12-10-17(11-13-18)21-19-20-16(4-2)15-23-19/h10-13,15H,3-9,14H2,1-2H3,(H,20,21). The number of nitrogens with zero attached hydrogens (tertiary/aromatic N) is 1. The van der Waals surface area contributed by atoms with E-state index in [0.29, 0.717) is 0 Å². The first-order valence-electron chi connectivity index (χ1n) is 8.76. The van der Waals surface area contributed by atoms with Gasteiger partial charge >= 0.3 is 0 Å². The second-order valence-electron chi connectivity index (χ2n) is 5.76. The molecule has 0 saturated heterocycles. The first-order valence-corrected chi connectivity index (χ1v) is 9.64. The molecule has 3 nitrogen and oxygen atoms in total. The lowest BCUT2D eigenvalue weighted by Gasteiger charge is -2.07. The summed E-state index contributed by atoms with van der Waals surface area (Å²) in [5, 5.41) is 6.38. The van der Waals surface area contributed by atoms with Crippen LogP contribution in [0.5, 0.6) is 5.75 Å². The lowest BCUT2D eigenvalue weighted by Crippen LogP contribution is -1.97. The lowest BCUT2D eigenvalue weighted by atomic mass is 10.1. The van der Waals surface area contributed by atoms with Gasteiger partial charge in [0.25, 0.3) is 0 Å². The quantitative estimate of drug-likeness (QED) is 0.498. The van der Waals surface area contributed by atoms with E-state index in [2.05, 4.69) is 29.5 Å². The average Bonchev–Trinajstić information content (AvgIpc) is 3.03. The van der Waals surface area contributed by atoms with Crippen molar-refractivity contribution >= 4 is 22.2 Å². The van der Waals surface area contributed by atoms with Crippen LogP contribution < -0.4 is 10.1 Å². The van der Waals surface area contributed by atoms with Crippen molar-refractivity contribution in [1.29, 1.82) is 0 Å². The highest BCUT2D eigenvalue weighted by atomic mass is 32.1. The fourth-order valence-corrected chi connectivity index (χ4v) is 3.17. The molecule has 1 aromatic heterocycles. The Morgan fingerprint density at radius 2 is 1.74 bits per heavy atom. The Bertz CT molecular complexity index is 551. The Morgan fingerprint density at radius 3 is 2.43 bits per heavy atom. The first-order chi connectivity index (χ1) is 11.3.